The Balaban J connectivity index is 1.39. The number of nitrogens with zero attached hydrogens (tertiary/aromatic N) is 2. The Morgan fingerprint density at radius 1 is 1.25 bits per heavy atom. The van der Waals surface area contributed by atoms with E-state index in [1.807, 2.05) is 47.4 Å². The third-order valence-electron chi connectivity index (χ3n) is 5.41. The third kappa shape index (κ3) is 5.30. The van der Waals surface area contributed by atoms with Gasteiger partial charge < -0.3 is 21.3 Å². The standard InChI is InChI=1S/C24H26ClN5OS/c1-16(28-9-8-17-2-5-19(25)6-3-17)29-15-18-4-7-21-20(23(18)26)14-22(32-21)24(31)30-12-10-27-11-13-30/h2-7,14-15,27-28H,1,8-13,26H2. The highest BCUT2D eigenvalue weighted by atomic mass is 35.5. The Bertz CT molecular complexity index is 1150. The number of carbonyl (C=O) groups is 1. The number of halogens is 1. The van der Waals surface area contributed by atoms with Crippen LogP contribution in [0.3, 0.4) is 0 Å². The molecule has 1 saturated heterocycles. The zero-order valence-electron chi connectivity index (χ0n) is 17.7. The molecule has 0 saturated carbocycles. The number of nitrogens with two attached hydrogens (primary N) is 1. The van der Waals surface area contributed by atoms with Gasteiger partial charge in [0.15, 0.2) is 0 Å². The summed E-state index contributed by atoms with van der Waals surface area (Å²) in [4.78, 5) is 19.8. The SMILES string of the molecule is C=C(N=Cc1ccc2sc(C(=O)N3CCNCC3)cc2c1N)NCCc1ccc(Cl)cc1. The van der Waals surface area contributed by atoms with Gasteiger partial charge in [-0.15, -0.1) is 11.3 Å². The first-order chi connectivity index (χ1) is 15.5. The molecule has 0 radical (unpaired) electrons. The van der Waals surface area contributed by atoms with Crippen LogP contribution in [0.15, 0.2) is 59.9 Å². The van der Waals surface area contributed by atoms with Gasteiger partial charge in [0.25, 0.3) is 5.91 Å². The largest absolute Gasteiger partial charge is 0.398 e. The monoisotopic (exact) mass is 467 g/mol. The van der Waals surface area contributed by atoms with Gasteiger partial charge in [-0.1, -0.05) is 30.3 Å². The van der Waals surface area contributed by atoms with E-state index >= 15 is 0 Å². The van der Waals surface area contributed by atoms with Crippen molar-refractivity contribution in [2.45, 2.75) is 6.42 Å². The lowest BCUT2D eigenvalue weighted by Crippen LogP contribution is -2.46. The Morgan fingerprint density at radius 2 is 2.00 bits per heavy atom. The summed E-state index contributed by atoms with van der Waals surface area (Å²) in [6.45, 7) is 7.80. The first kappa shape index (κ1) is 22.3. The number of benzene rings is 2. The first-order valence-electron chi connectivity index (χ1n) is 10.5. The van der Waals surface area contributed by atoms with Crippen LogP contribution < -0.4 is 16.4 Å². The molecule has 1 aliphatic rings. The number of fused-ring (bicyclic) bond motifs is 1. The van der Waals surface area contributed by atoms with Crippen LogP contribution in [0.5, 0.6) is 0 Å². The quantitative estimate of drug-likeness (QED) is 0.363. The molecule has 6 nitrogen and oxygen atoms in total. The number of piperazine rings is 1. The molecular weight excluding hydrogens is 442 g/mol. The number of aliphatic imine (C=N–C) groups is 1. The lowest BCUT2D eigenvalue weighted by atomic mass is 10.1. The summed E-state index contributed by atoms with van der Waals surface area (Å²) in [5.74, 6) is 0.638. The van der Waals surface area contributed by atoms with E-state index in [9.17, 15) is 4.79 Å². The van der Waals surface area contributed by atoms with Crippen molar-refractivity contribution >= 4 is 50.8 Å². The molecule has 3 aromatic rings. The lowest BCUT2D eigenvalue weighted by Gasteiger charge is -2.26. The normalized spacial score (nSPS) is 14.2. The maximum absolute atomic E-state index is 12.8. The Morgan fingerprint density at radius 3 is 2.75 bits per heavy atom. The lowest BCUT2D eigenvalue weighted by molar-refractivity contribution is 0.0741. The summed E-state index contributed by atoms with van der Waals surface area (Å²) in [5.41, 5.74) is 9.02. The van der Waals surface area contributed by atoms with Crippen LogP contribution in [-0.2, 0) is 6.42 Å². The fraction of sp³-hybridized carbons (Fsp3) is 0.250. The van der Waals surface area contributed by atoms with Crippen LogP contribution in [0.4, 0.5) is 5.69 Å². The van der Waals surface area contributed by atoms with Crippen LogP contribution >= 0.6 is 22.9 Å². The highest BCUT2D eigenvalue weighted by molar-refractivity contribution is 7.20. The van der Waals surface area contributed by atoms with E-state index < -0.39 is 0 Å². The van der Waals surface area contributed by atoms with Crippen LogP contribution in [0, 0.1) is 0 Å². The number of hydrogen-bond donors (Lipinski definition) is 3. The van der Waals surface area contributed by atoms with E-state index in [-0.39, 0.29) is 5.91 Å². The highest BCUT2D eigenvalue weighted by Gasteiger charge is 2.20. The molecule has 32 heavy (non-hydrogen) atoms. The van der Waals surface area contributed by atoms with E-state index in [1.165, 1.54) is 16.9 Å². The average molecular weight is 468 g/mol. The second-order valence-electron chi connectivity index (χ2n) is 7.64. The van der Waals surface area contributed by atoms with Crippen molar-refractivity contribution in [1.29, 1.82) is 0 Å². The van der Waals surface area contributed by atoms with Crippen molar-refractivity contribution < 1.29 is 4.79 Å². The van der Waals surface area contributed by atoms with Gasteiger partial charge in [0, 0.05) is 65.3 Å². The maximum atomic E-state index is 12.8. The van der Waals surface area contributed by atoms with Crippen LogP contribution in [-0.4, -0.2) is 49.7 Å². The molecule has 2 heterocycles. The molecule has 166 valence electrons. The number of hydrogen-bond acceptors (Lipinski definition) is 6. The average Bonchev–Trinajstić information content (AvgIpc) is 3.25. The smallest absolute Gasteiger partial charge is 0.264 e. The van der Waals surface area contributed by atoms with Crippen molar-refractivity contribution in [3.63, 3.8) is 0 Å². The molecule has 1 aromatic heterocycles. The Kier molecular flexibility index (Phi) is 7.09. The molecule has 8 heteroatoms. The van der Waals surface area contributed by atoms with Gasteiger partial charge in [-0.25, -0.2) is 4.99 Å². The number of thiophene rings is 1. The van der Waals surface area contributed by atoms with E-state index in [0.29, 0.717) is 18.1 Å². The van der Waals surface area contributed by atoms with Crippen LogP contribution in [0.2, 0.25) is 5.02 Å². The fourth-order valence-electron chi connectivity index (χ4n) is 3.59. The number of nitrogen functional groups attached to an aromatic ring is 1. The predicted octanol–water partition coefficient (Wildman–Crippen LogP) is 3.90. The summed E-state index contributed by atoms with van der Waals surface area (Å²) in [5, 5.41) is 8.10. The zero-order chi connectivity index (χ0) is 22.5. The number of nitrogens with one attached hydrogen (secondary N) is 2. The van der Waals surface area contributed by atoms with Gasteiger partial charge in [-0.05, 0) is 42.3 Å². The molecule has 0 spiro atoms. The molecule has 0 unspecified atom stereocenters. The van der Waals surface area contributed by atoms with Gasteiger partial charge in [0.1, 0.15) is 5.82 Å². The van der Waals surface area contributed by atoms with Crippen molar-refractivity contribution in [1.82, 2.24) is 15.5 Å². The molecule has 4 N–H and O–H groups in total. The van der Waals surface area contributed by atoms with Gasteiger partial charge in [-0.3, -0.25) is 4.79 Å². The van der Waals surface area contributed by atoms with Gasteiger partial charge in [0.05, 0.1) is 4.88 Å². The minimum Gasteiger partial charge on any atom is -0.398 e. The van der Waals surface area contributed by atoms with Crippen molar-refractivity contribution in [3.8, 4) is 0 Å². The van der Waals surface area contributed by atoms with E-state index in [4.69, 9.17) is 17.3 Å². The van der Waals surface area contributed by atoms with Crippen molar-refractivity contribution in [2.24, 2.45) is 4.99 Å². The van der Waals surface area contributed by atoms with Crippen LogP contribution in [0.25, 0.3) is 10.1 Å². The highest BCUT2D eigenvalue weighted by Crippen LogP contribution is 2.32. The predicted molar refractivity (Wildman–Crippen MR) is 135 cm³/mol. The van der Waals surface area contributed by atoms with Gasteiger partial charge in [0.2, 0.25) is 0 Å². The van der Waals surface area contributed by atoms with Crippen molar-refractivity contribution in [2.75, 3.05) is 38.5 Å². The molecule has 1 amide bonds. The molecule has 0 bridgehead atoms. The number of rotatable bonds is 7. The summed E-state index contributed by atoms with van der Waals surface area (Å²) >= 11 is 7.40. The molecule has 0 atom stereocenters. The molecule has 0 aliphatic carbocycles. The molecule has 4 rings (SSSR count). The molecular formula is C24H26ClN5OS. The Labute approximate surface area is 196 Å². The second-order valence-corrected chi connectivity index (χ2v) is 9.16. The Hall–Kier alpha value is -2.87. The molecule has 1 aliphatic heterocycles. The second kappa shape index (κ2) is 10.2. The number of carbonyl (C=O) groups excluding carboxylic acids is 1. The third-order valence-corrected chi connectivity index (χ3v) is 6.75. The molecule has 1 fully saturated rings. The summed E-state index contributed by atoms with van der Waals surface area (Å²) in [6, 6.07) is 13.6. The first-order valence-corrected chi connectivity index (χ1v) is 11.7. The summed E-state index contributed by atoms with van der Waals surface area (Å²) < 4.78 is 0.998. The fourth-order valence-corrected chi connectivity index (χ4v) is 4.76. The molecule has 2 aromatic carbocycles. The minimum absolute atomic E-state index is 0.0700. The summed E-state index contributed by atoms with van der Waals surface area (Å²) in [6.07, 6.45) is 2.56. The van der Waals surface area contributed by atoms with E-state index in [2.05, 4.69) is 22.2 Å². The number of amides is 1. The van der Waals surface area contributed by atoms with Gasteiger partial charge >= 0.3 is 0 Å². The maximum Gasteiger partial charge on any atom is 0.264 e. The zero-order valence-corrected chi connectivity index (χ0v) is 19.3. The number of anilines is 1. The van der Waals surface area contributed by atoms with E-state index in [0.717, 1.165) is 58.1 Å². The van der Waals surface area contributed by atoms with Crippen molar-refractivity contribution in [3.05, 3.63) is 75.9 Å². The minimum atomic E-state index is 0.0700. The van der Waals surface area contributed by atoms with Gasteiger partial charge in [-0.2, -0.15) is 0 Å². The summed E-state index contributed by atoms with van der Waals surface area (Å²) in [7, 11) is 0. The van der Waals surface area contributed by atoms with E-state index in [1.54, 1.807) is 6.21 Å². The topological polar surface area (TPSA) is 82.8 Å². The van der Waals surface area contributed by atoms with Crippen LogP contribution in [0.1, 0.15) is 20.8 Å².